The number of hydrogen-bond acceptors (Lipinski definition) is 2. The first-order chi connectivity index (χ1) is 10.3. The summed E-state index contributed by atoms with van der Waals surface area (Å²) in [6.07, 6.45) is 8.25. The summed E-state index contributed by atoms with van der Waals surface area (Å²) in [6.45, 7) is 0.659. The lowest BCUT2D eigenvalue weighted by atomic mass is 8.96. The van der Waals surface area contributed by atoms with Gasteiger partial charge in [-0.2, -0.15) is 0 Å². The van der Waals surface area contributed by atoms with Crippen LogP contribution < -0.4 is 0 Å². The van der Waals surface area contributed by atoms with E-state index in [-0.39, 0.29) is 5.97 Å². The zero-order valence-electron chi connectivity index (χ0n) is 12.6. The minimum atomic E-state index is 0.116. The molecule has 0 aromatic heterocycles. The number of unbranched alkanes of at least 4 members (excludes halogenated alkanes) is 5. The summed E-state index contributed by atoms with van der Waals surface area (Å²) >= 11 is 3.46. The van der Waals surface area contributed by atoms with Crippen molar-refractivity contribution in [2.24, 2.45) is 46.8 Å². The number of alkyl halides is 1. The lowest BCUT2D eigenvalue weighted by Crippen LogP contribution is -3.05. The van der Waals surface area contributed by atoms with Gasteiger partial charge in [0.25, 0.3) is 0 Å². The van der Waals surface area contributed by atoms with Gasteiger partial charge in [-0.1, -0.05) is 41.6 Å². The molecule has 0 aromatic rings. The molecule has 0 saturated heterocycles. The molecular formula is C18H25BrO2. The summed E-state index contributed by atoms with van der Waals surface area (Å²) in [5.41, 5.74) is 0.502. The lowest BCUT2D eigenvalue weighted by Gasteiger charge is -3.07. The van der Waals surface area contributed by atoms with Gasteiger partial charge >= 0.3 is 5.97 Å². The normalized spacial score (nSPS) is 51.8. The minimum Gasteiger partial charge on any atom is -0.466 e. The number of esters is 1. The monoisotopic (exact) mass is 352 g/mol. The summed E-state index contributed by atoms with van der Waals surface area (Å²) in [5.74, 6) is 7.43. The fourth-order valence-corrected chi connectivity index (χ4v) is 7.81. The summed E-state index contributed by atoms with van der Waals surface area (Å²) < 4.78 is 5.50. The number of carbonyl (C=O) groups is 1. The maximum Gasteiger partial charge on any atom is 0.306 e. The van der Waals surface area contributed by atoms with Gasteiger partial charge in [-0.05, 0) is 59.7 Å². The van der Waals surface area contributed by atoms with Crippen LogP contribution in [-0.4, -0.2) is 17.9 Å². The molecule has 6 rings (SSSR count). The molecular weight excluding hydrogens is 328 g/mol. The lowest BCUT2D eigenvalue weighted by molar-refractivity contribution is -0.613. The largest absolute Gasteiger partial charge is 0.466 e. The van der Waals surface area contributed by atoms with Crippen molar-refractivity contribution in [1.29, 1.82) is 0 Å². The van der Waals surface area contributed by atoms with E-state index in [2.05, 4.69) is 15.9 Å². The summed E-state index contributed by atoms with van der Waals surface area (Å²) in [6, 6.07) is 0. The molecule has 0 amide bonds. The van der Waals surface area contributed by atoms with Crippen LogP contribution in [0, 0.1) is 46.8 Å². The van der Waals surface area contributed by atoms with Crippen molar-refractivity contribution in [1.82, 2.24) is 0 Å². The number of hydrogen-bond donors (Lipinski definition) is 0. The van der Waals surface area contributed by atoms with Crippen molar-refractivity contribution in [2.75, 3.05) is 11.9 Å². The Morgan fingerprint density at radius 1 is 0.857 bits per heavy atom. The molecule has 0 spiro atoms. The van der Waals surface area contributed by atoms with E-state index in [1.54, 1.807) is 0 Å². The third-order valence-corrected chi connectivity index (χ3v) is 8.49. The maximum atomic E-state index is 12.1. The van der Waals surface area contributed by atoms with Crippen LogP contribution in [0.15, 0.2) is 0 Å². The van der Waals surface area contributed by atoms with Gasteiger partial charge in [0.05, 0.1) is 13.0 Å². The molecule has 6 aliphatic rings. The van der Waals surface area contributed by atoms with Gasteiger partial charge in [-0.3, -0.25) is 4.79 Å². The topological polar surface area (TPSA) is 26.3 Å². The fraction of sp³-hybridized carbons (Fsp3) is 0.944. The first-order valence-electron chi connectivity index (χ1n) is 9.04. The number of halogens is 1. The highest BCUT2D eigenvalue weighted by molar-refractivity contribution is 9.09. The van der Waals surface area contributed by atoms with E-state index in [1.807, 2.05) is 0 Å². The van der Waals surface area contributed by atoms with Gasteiger partial charge in [0, 0.05) is 5.33 Å². The standard InChI is InChI=1S/C18H25BrO2/c19-7-5-3-1-2-4-6-8-21-10(20)9-18-15-12-11-13(15)17(18)14(11)16(12)18/h11-17H,1-9H2. The third kappa shape index (κ3) is 1.35. The van der Waals surface area contributed by atoms with Gasteiger partial charge in [-0.25, -0.2) is 0 Å². The summed E-state index contributed by atoms with van der Waals surface area (Å²) in [4.78, 5) is 12.1. The summed E-state index contributed by atoms with van der Waals surface area (Å²) in [7, 11) is 0. The molecule has 0 N–H and O–H groups in total. The third-order valence-electron chi connectivity index (χ3n) is 7.92. The van der Waals surface area contributed by atoms with Crippen LogP contribution in [0.25, 0.3) is 0 Å². The Morgan fingerprint density at radius 2 is 1.43 bits per heavy atom. The minimum absolute atomic E-state index is 0.116. The number of ether oxygens (including phenoxy) is 1. The van der Waals surface area contributed by atoms with Gasteiger partial charge in [0.2, 0.25) is 0 Å². The van der Waals surface area contributed by atoms with E-state index in [0.29, 0.717) is 12.0 Å². The van der Waals surface area contributed by atoms with Crippen LogP contribution in [0.1, 0.15) is 44.9 Å². The van der Waals surface area contributed by atoms with Gasteiger partial charge in [-0.15, -0.1) is 0 Å². The molecule has 3 heteroatoms. The number of carbonyl (C=O) groups excluding carboxylic acids is 1. The summed E-state index contributed by atoms with van der Waals surface area (Å²) in [5, 5.41) is 1.12. The molecule has 0 aliphatic heterocycles. The second-order valence-corrected chi connectivity index (χ2v) is 9.00. The Hall–Kier alpha value is -0.0500. The predicted molar refractivity (Wildman–Crippen MR) is 83.9 cm³/mol. The van der Waals surface area contributed by atoms with Crippen LogP contribution >= 0.6 is 15.9 Å². The van der Waals surface area contributed by atoms with Crippen molar-refractivity contribution >= 4 is 21.9 Å². The maximum absolute atomic E-state index is 12.1. The molecule has 0 aromatic carbocycles. The van der Waals surface area contributed by atoms with Crippen molar-refractivity contribution in [2.45, 2.75) is 44.9 Å². The second kappa shape index (κ2) is 4.49. The van der Waals surface area contributed by atoms with Crippen LogP contribution in [-0.2, 0) is 9.53 Å². The smallest absolute Gasteiger partial charge is 0.306 e. The Balaban J connectivity index is 0.966. The highest BCUT2D eigenvalue weighted by atomic mass is 79.9. The molecule has 0 radical (unpaired) electrons. The molecule has 0 atom stereocenters. The molecule has 6 saturated carbocycles. The van der Waals surface area contributed by atoms with E-state index < -0.39 is 0 Å². The fourth-order valence-electron chi connectivity index (χ4n) is 7.41. The predicted octanol–water partition coefficient (Wildman–Crippen LogP) is 4.02. The Labute approximate surface area is 135 Å². The Morgan fingerprint density at radius 3 is 2.05 bits per heavy atom. The van der Waals surface area contributed by atoms with Gasteiger partial charge in [0.15, 0.2) is 0 Å². The van der Waals surface area contributed by atoms with Crippen molar-refractivity contribution in [3.8, 4) is 0 Å². The average Bonchev–Trinajstić information content (AvgIpc) is 2.50. The zero-order chi connectivity index (χ0) is 14.2. The molecule has 0 heterocycles. The SMILES string of the molecule is O=C(CC12C3C4C5C3C1C5C42)OCCCCCCCCBr. The van der Waals surface area contributed by atoms with Crippen molar-refractivity contribution in [3.63, 3.8) is 0 Å². The van der Waals surface area contributed by atoms with Crippen LogP contribution in [0.2, 0.25) is 0 Å². The number of rotatable bonds is 10. The van der Waals surface area contributed by atoms with E-state index in [1.165, 1.54) is 32.1 Å². The highest BCUT2D eigenvalue weighted by Crippen LogP contribution is 3.06. The van der Waals surface area contributed by atoms with Crippen LogP contribution in [0.3, 0.4) is 0 Å². The highest BCUT2D eigenvalue weighted by Gasteiger charge is 3.04. The molecule has 6 fully saturated rings. The molecule has 6 aliphatic carbocycles. The molecule has 116 valence electrons. The molecule has 2 nitrogen and oxygen atoms in total. The Bertz CT molecular complexity index is 423. The van der Waals surface area contributed by atoms with Gasteiger partial charge < -0.3 is 4.74 Å². The van der Waals surface area contributed by atoms with E-state index in [9.17, 15) is 4.79 Å². The zero-order valence-corrected chi connectivity index (χ0v) is 14.2. The van der Waals surface area contributed by atoms with E-state index in [4.69, 9.17) is 4.74 Å². The molecule has 21 heavy (non-hydrogen) atoms. The quantitative estimate of drug-likeness (QED) is 0.337. The van der Waals surface area contributed by atoms with E-state index >= 15 is 0 Å². The van der Waals surface area contributed by atoms with E-state index in [0.717, 1.165) is 59.6 Å². The Kier molecular flexibility index (Phi) is 2.86. The van der Waals surface area contributed by atoms with Crippen LogP contribution in [0.5, 0.6) is 0 Å². The first-order valence-corrected chi connectivity index (χ1v) is 10.2. The second-order valence-electron chi connectivity index (χ2n) is 8.21. The average molecular weight is 353 g/mol. The molecule has 0 unspecified atom stereocenters. The first kappa shape index (κ1) is 13.4. The van der Waals surface area contributed by atoms with Gasteiger partial charge in [0.1, 0.15) is 0 Å². The van der Waals surface area contributed by atoms with Crippen molar-refractivity contribution < 1.29 is 9.53 Å². The van der Waals surface area contributed by atoms with Crippen molar-refractivity contribution in [3.05, 3.63) is 0 Å². The molecule has 0 bridgehead atoms. The van der Waals surface area contributed by atoms with Crippen LogP contribution in [0.4, 0.5) is 0 Å².